The van der Waals surface area contributed by atoms with Gasteiger partial charge in [0.25, 0.3) is 5.91 Å². The number of benzene rings is 3. The Hall–Kier alpha value is -3.88. The lowest BCUT2D eigenvalue weighted by Crippen LogP contribution is -2.21. The number of hydrogen-bond donors (Lipinski definition) is 1. The average Bonchev–Trinajstić information content (AvgIpc) is 3.25. The van der Waals surface area contributed by atoms with Crippen molar-refractivity contribution in [3.05, 3.63) is 76.0 Å². The van der Waals surface area contributed by atoms with Crippen LogP contribution in [0.15, 0.2) is 59.0 Å². The van der Waals surface area contributed by atoms with Crippen molar-refractivity contribution >= 4 is 51.5 Å². The first kappa shape index (κ1) is 23.8. The second-order valence-electron chi connectivity index (χ2n) is 7.74. The van der Waals surface area contributed by atoms with Crippen LogP contribution in [0.2, 0.25) is 10.0 Å². The van der Waals surface area contributed by atoms with Gasteiger partial charge in [-0.15, -0.1) is 0 Å². The monoisotopic (exact) mass is 527 g/mol. The lowest BCUT2D eigenvalue weighted by molar-refractivity contribution is -0.118. The van der Waals surface area contributed by atoms with Crippen molar-refractivity contribution in [1.82, 2.24) is 0 Å². The standard InChI is InChI=1S/C26H19Cl2NO7/c1-32-20-12-21(17(28)11-16(20)27)35-13-23(30)29-24-15-4-2-3-5-18(15)36-26(24)25(31)14-6-7-19-22(10-14)34-9-8-33-19/h2-7,10-12H,8-9,13H2,1H3,(H,29,30). The van der Waals surface area contributed by atoms with E-state index in [4.69, 9.17) is 46.6 Å². The van der Waals surface area contributed by atoms with Gasteiger partial charge in [-0.1, -0.05) is 35.3 Å². The van der Waals surface area contributed by atoms with Gasteiger partial charge in [0.05, 0.1) is 22.8 Å². The molecule has 0 fully saturated rings. The quantitative estimate of drug-likeness (QED) is 0.305. The normalized spacial score (nSPS) is 12.3. The van der Waals surface area contributed by atoms with Crippen molar-refractivity contribution in [3.63, 3.8) is 0 Å². The molecule has 8 nitrogen and oxygen atoms in total. The molecule has 0 unspecified atom stereocenters. The molecule has 1 aliphatic heterocycles. The Morgan fingerprint density at radius 3 is 2.50 bits per heavy atom. The van der Waals surface area contributed by atoms with Crippen molar-refractivity contribution < 1.29 is 33.0 Å². The summed E-state index contributed by atoms with van der Waals surface area (Å²) in [5, 5.41) is 3.84. The van der Waals surface area contributed by atoms with Crippen molar-refractivity contribution in [3.8, 4) is 23.0 Å². The van der Waals surface area contributed by atoms with Gasteiger partial charge >= 0.3 is 0 Å². The summed E-state index contributed by atoms with van der Waals surface area (Å²) in [6.45, 7) is 0.442. The van der Waals surface area contributed by atoms with Crippen LogP contribution < -0.4 is 24.3 Å². The number of nitrogens with one attached hydrogen (secondary N) is 1. The number of halogens is 2. The van der Waals surface area contributed by atoms with Gasteiger partial charge in [0.15, 0.2) is 23.9 Å². The van der Waals surface area contributed by atoms with Crippen molar-refractivity contribution in [2.75, 3.05) is 32.2 Å². The van der Waals surface area contributed by atoms with Crippen LogP contribution in [0.4, 0.5) is 5.69 Å². The van der Waals surface area contributed by atoms with Gasteiger partial charge in [-0.2, -0.15) is 0 Å². The summed E-state index contributed by atoms with van der Waals surface area (Å²) >= 11 is 12.2. The maximum Gasteiger partial charge on any atom is 0.262 e. The van der Waals surface area contributed by atoms with E-state index in [1.165, 1.54) is 19.2 Å². The van der Waals surface area contributed by atoms with Crippen molar-refractivity contribution in [1.29, 1.82) is 0 Å². The van der Waals surface area contributed by atoms with Crippen LogP contribution in [0.25, 0.3) is 11.0 Å². The number of rotatable bonds is 7. The highest BCUT2D eigenvalue weighted by atomic mass is 35.5. The number of para-hydroxylation sites is 1. The number of amides is 1. The Bertz CT molecular complexity index is 1480. The number of methoxy groups -OCH3 is 1. The summed E-state index contributed by atoms with van der Waals surface area (Å²) < 4.78 is 27.7. The van der Waals surface area contributed by atoms with Crippen LogP contribution in [0.1, 0.15) is 16.1 Å². The highest BCUT2D eigenvalue weighted by Crippen LogP contribution is 2.37. The van der Waals surface area contributed by atoms with Crippen LogP contribution in [0, 0.1) is 0 Å². The van der Waals surface area contributed by atoms with Crippen molar-refractivity contribution in [2.24, 2.45) is 0 Å². The Morgan fingerprint density at radius 2 is 1.69 bits per heavy atom. The van der Waals surface area contributed by atoms with E-state index >= 15 is 0 Å². The number of furan rings is 1. The molecule has 184 valence electrons. The predicted molar refractivity (Wildman–Crippen MR) is 134 cm³/mol. The number of anilines is 1. The third-order valence-electron chi connectivity index (χ3n) is 5.44. The molecular weight excluding hydrogens is 509 g/mol. The van der Waals surface area contributed by atoms with Crippen LogP contribution in [-0.4, -0.2) is 38.6 Å². The summed E-state index contributed by atoms with van der Waals surface area (Å²) in [4.78, 5) is 26.3. The minimum atomic E-state index is -0.525. The first-order chi connectivity index (χ1) is 17.4. The van der Waals surface area contributed by atoms with Crippen molar-refractivity contribution in [2.45, 2.75) is 0 Å². The molecule has 0 atom stereocenters. The van der Waals surface area contributed by atoms with E-state index in [0.29, 0.717) is 52.0 Å². The van der Waals surface area contributed by atoms with Gasteiger partial charge < -0.3 is 28.7 Å². The summed E-state index contributed by atoms with van der Waals surface area (Å²) in [5.74, 6) is 0.630. The Balaban J connectivity index is 1.41. The second-order valence-corrected chi connectivity index (χ2v) is 8.56. The molecule has 0 aliphatic carbocycles. The average molecular weight is 528 g/mol. The zero-order valence-electron chi connectivity index (χ0n) is 18.9. The predicted octanol–water partition coefficient (Wildman–Crippen LogP) is 5.77. The fraction of sp³-hybridized carbons (Fsp3) is 0.154. The maximum atomic E-state index is 13.4. The number of ether oxygens (including phenoxy) is 4. The minimum Gasteiger partial charge on any atom is -0.495 e. The smallest absolute Gasteiger partial charge is 0.262 e. The Labute approximate surface area is 215 Å². The zero-order valence-corrected chi connectivity index (χ0v) is 20.4. The maximum absolute atomic E-state index is 13.4. The second kappa shape index (κ2) is 10.0. The molecule has 0 saturated heterocycles. The summed E-state index contributed by atoms with van der Waals surface area (Å²) in [6.07, 6.45) is 0. The SMILES string of the molecule is COc1cc(OCC(=O)Nc2c(C(=O)c3ccc4c(c3)OCCO4)oc3ccccc23)c(Cl)cc1Cl. The molecule has 0 bridgehead atoms. The fourth-order valence-corrected chi connectivity index (χ4v) is 4.26. The van der Waals surface area contributed by atoms with E-state index in [2.05, 4.69) is 5.32 Å². The van der Waals surface area contributed by atoms with Crippen LogP contribution in [0.3, 0.4) is 0 Å². The first-order valence-electron chi connectivity index (χ1n) is 10.9. The molecule has 1 N–H and O–H groups in total. The van der Waals surface area contributed by atoms with Crippen LogP contribution in [-0.2, 0) is 4.79 Å². The summed E-state index contributed by atoms with van der Waals surface area (Å²) in [5.41, 5.74) is 1.00. The van der Waals surface area contributed by atoms with Crippen LogP contribution >= 0.6 is 23.2 Å². The van der Waals surface area contributed by atoms with E-state index in [-0.39, 0.29) is 28.8 Å². The van der Waals surface area contributed by atoms with Gasteiger partial charge in [-0.3, -0.25) is 9.59 Å². The summed E-state index contributed by atoms with van der Waals surface area (Å²) in [6, 6.07) is 14.8. The van der Waals surface area contributed by atoms with E-state index in [1.807, 2.05) is 0 Å². The molecule has 2 heterocycles. The first-order valence-corrected chi connectivity index (χ1v) is 11.6. The Morgan fingerprint density at radius 1 is 0.944 bits per heavy atom. The number of hydrogen-bond acceptors (Lipinski definition) is 7. The van der Waals surface area contributed by atoms with E-state index in [9.17, 15) is 9.59 Å². The van der Waals surface area contributed by atoms with Gasteiger partial charge in [-0.25, -0.2) is 0 Å². The molecular formula is C26H19Cl2NO7. The minimum absolute atomic E-state index is 0.0209. The molecule has 3 aromatic carbocycles. The van der Waals surface area contributed by atoms with Gasteiger partial charge in [0.2, 0.25) is 5.78 Å². The molecule has 1 aromatic heterocycles. The largest absolute Gasteiger partial charge is 0.495 e. The highest BCUT2D eigenvalue weighted by Gasteiger charge is 2.25. The third-order valence-corrected chi connectivity index (χ3v) is 6.03. The molecule has 10 heteroatoms. The topological polar surface area (TPSA) is 96.2 Å². The Kier molecular flexibility index (Phi) is 6.63. The summed E-state index contributed by atoms with van der Waals surface area (Å²) in [7, 11) is 1.45. The van der Waals surface area contributed by atoms with Gasteiger partial charge in [0.1, 0.15) is 30.3 Å². The molecule has 5 rings (SSSR count). The molecule has 1 aliphatic rings. The fourth-order valence-electron chi connectivity index (χ4n) is 3.74. The molecule has 0 radical (unpaired) electrons. The van der Waals surface area contributed by atoms with Crippen LogP contribution in [0.5, 0.6) is 23.0 Å². The number of fused-ring (bicyclic) bond motifs is 2. The lowest BCUT2D eigenvalue weighted by Gasteiger charge is -2.18. The molecule has 0 spiro atoms. The number of carbonyl (C=O) groups excluding carboxylic acids is 2. The molecule has 1 amide bonds. The number of carbonyl (C=O) groups is 2. The number of ketones is 1. The zero-order chi connectivity index (χ0) is 25.2. The third kappa shape index (κ3) is 4.65. The molecule has 36 heavy (non-hydrogen) atoms. The highest BCUT2D eigenvalue weighted by molar-refractivity contribution is 6.36. The molecule has 4 aromatic rings. The lowest BCUT2D eigenvalue weighted by atomic mass is 10.1. The van der Waals surface area contributed by atoms with E-state index < -0.39 is 11.7 Å². The van der Waals surface area contributed by atoms with E-state index in [1.54, 1.807) is 42.5 Å². The van der Waals surface area contributed by atoms with Gasteiger partial charge in [0, 0.05) is 17.0 Å². The molecule has 0 saturated carbocycles. The van der Waals surface area contributed by atoms with E-state index in [0.717, 1.165) is 0 Å². The van der Waals surface area contributed by atoms with Gasteiger partial charge in [-0.05, 0) is 36.4 Å².